The highest BCUT2D eigenvalue weighted by Crippen LogP contribution is 2.35. The van der Waals surface area contributed by atoms with Crippen molar-refractivity contribution in [1.82, 2.24) is 9.80 Å². The summed E-state index contributed by atoms with van der Waals surface area (Å²) < 4.78 is 0. The Kier molecular flexibility index (Phi) is 3.83. The fraction of sp³-hybridized carbons (Fsp3) is 0.417. The molecule has 1 saturated heterocycles. The van der Waals surface area contributed by atoms with Crippen molar-refractivity contribution in [2.45, 2.75) is 12.8 Å². The first-order chi connectivity index (χ1) is 7.92. The highest BCUT2D eigenvalue weighted by molar-refractivity contribution is 7.80. The summed E-state index contributed by atoms with van der Waals surface area (Å²) in [7, 11) is 3.16. The summed E-state index contributed by atoms with van der Waals surface area (Å²) in [6, 6.07) is 0. The normalized spacial score (nSPS) is 19.5. The molecule has 0 unspecified atom stereocenters. The van der Waals surface area contributed by atoms with E-state index in [0.29, 0.717) is 0 Å². The molecule has 0 aliphatic carbocycles. The second-order valence-corrected chi connectivity index (χ2v) is 4.44. The number of hydrogen-bond donors (Lipinski definition) is 0. The molecule has 0 bridgehead atoms. The molecule has 0 aromatic heterocycles. The zero-order valence-electron chi connectivity index (χ0n) is 10.1. The highest BCUT2D eigenvalue weighted by atomic mass is 32.1. The summed E-state index contributed by atoms with van der Waals surface area (Å²) in [6.07, 6.45) is 3.73. The van der Waals surface area contributed by atoms with Crippen molar-refractivity contribution in [1.29, 1.82) is 0 Å². The van der Waals surface area contributed by atoms with Crippen molar-refractivity contribution in [3.63, 3.8) is 0 Å². The third-order valence-electron chi connectivity index (χ3n) is 2.99. The van der Waals surface area contributed by atoms with Crippen LogP contribution in [0.25, 0.3) is 0 Å². The lowest BCUT2D eigenvalue weighted by molar-refractivity contribution is -0.154. The molecule has 0 radical (unpaired) electrons. The average Bonchev–Trinajstić information content (AvgIpc) is 2.32. The molecule has 0 aromatic rings. The molecule has 0 saturated carbocycles. The Bertz CT molecular complexity index is 367. The number of carbonyl (C=O) groups excluding carboxylic acids is 2. The molecule has 0 spiro atoms. The van der Waals surface area contributed by atoms with Crippen LogP contribution in [0.5, 0.6) is 0 Å². The minimum absolute atomic E-state index is 0.226. The Hall–Kier alpha value is -1.49. The maximum absolute atomic E-state index is 12.3. The van der Waals surface area contributed by atoms with Gasteiger partial charge < -0.3 is 0 Å². The molecule has 1 aliphatic rings. The molecule has 92 valence electrons. The monoisotopic (exact) mass is 252 g/mol. The summed E-state index contributed by atoms with van der Waals surface area (Å²) >= 11 is 5.03. The molecular formula is C12H16N2O2S. The van der Waals surface area contributed by atoms with Crippen molar-refractivity contribution in [2.24, 2.45) is 5.41 Å². The number of carbonyl (C=O) groups is 2. The van der Waals surface area contributed by atoms with Crippen molar-refractivity contribution in [3.8, 4) is 0 Å². The molecule has 0 atom stereocenters. The van der Waals surface area contributed by atoms with Crippen LogP contribution in [0.3, 0.4) is 0 Å². The molecule has 4 nitrogen and oxygen atoms in total. The van der Waals surface area contributed by atoms with Crippen molar-refractivity contribution < 1.29 is 9.59 Å². The molecule has 1 aliphatic heterocycles. The number of thiocarbonyl (C=S) groups is 1. The fourth-order valence-electron chi connectivity index (χ4n) is 2.06. The summed E-state index contributed by atoms with van der Waals surface area (Å²) in [5, 5.41) is 0.226. The van der Waals surface area contributed by atoms with Gasteiger partial charge in [-0.05, 0) is 25.1 Å². The van der Waals surface area contributed by atoms with Gasteiger partial charge in [-0.2, -0.15) is 0 Å². The number of hydrogen-bond acceptors (Lipinski definition) is 3. The first kappa shape index (κ1) is 13.6. The maximum Gasteiger partial charge on any atom is 0.244 e. The largest absolute Gasteiger partial charge is 0.291 e. The van der Waals surface area contributed by atoms with Gasteiger partial charge in [0.05, 0.1) is 0 Å². The average molecular weight is 252 g/mol. The van der Waals surface area contributed by atoms with Crippen molar-refractivity contribution in [3.05, 3.63) is 25.3 Å². The fourth-order valence-corrected chi connectivity index (χ4v) is 2.22. The second kappa shape index (κ2) is 4.79. The predicted molar refractivity (Wildman–Crippen MR) is 70.2 cm³/mol. The molecule has 17 heavy (non-hydrogen) atoms. The zero-order valence-corrected chi connectivity index (χ0v) is 10.9. The molecule has 5 heteroatoms. The first-order valence-electron chi connectivity index (χ1n) is 5.24. The first-order valence-corrected chi connectivity index (χ1v) is 5.65. The zero-order chi connectivity index (χ0) is 13.2. The number of allylic oxidation sites excluding steroid dienone is 2. The van der Waals surface area contributed by atoms with Gasteiger partial charge >= 0.3 is 0 Å². The predicted octanol–water partition coefficient (Wildman–Crippen LogP) is 1.34. The van der Waals surface area contributed by atoms with Gasteiger partial charge in [0, 0.05) is 14.1 Å². The van der Waals surface area contributed by atoms with Gasteiger partial charge in [0.1, 0.15) is 5.41 Å². The van der Waals surface area contributed by atoms with Crippen molar-refractivity contribution >= 4 is 29.1 Å². The van der Waals surface area contributed by atoms with E-state index in [1.165, 1.54) is 9.80 Å². The van der Waals surface area contributed by atoms with Gasteiger partial charge in [0.25, 0.3) is 0 Å². The van der Waals surface area contributed by atoms with E-state index in [-0.39, 0.29) is 29.8 Å². The Morgan fingerprint density at radius 1 is 1.12 bits per heavy atom. The minimum atomic E-state index is -1.13. The topological polar surface area (TPSA) is 40.6 Å². The van der Waals surface area contributed by atoms with Gasteiger partial charge in [-0.25, -0.2) is 0 Å². The SMILES string of the molecule is C=CCC1(CC=C)C(=O)N(C)C(=S)N(C)C1=O. The molecule has 1 heterocycles. The van der Waals surface area contributed by atoms with Crippen LogP contribution in [0.4, 0.5) is 0 Å². The Morgan fingerprint density at radius 3 is 1.76 bits per heavy atom. The van der Waals surface area contributed by atoms with Gasteiger partial charge in [-0.3, -0.25) is 19.4 Å². The number of amides is 2. The van der Waals surface area contributed by atoms with Crippen LogP contribution in [0, 0.1) is 5.41 Å². The molecular weight excluding hydrogens is 236 g/mol. The number of rotatable bonds is 4. The van der Waals surface area contributed by atoms with Crippen LogP contribution in [0.2, 0.25) is 0 Å². The second-order valence-electron chi connectivity index (χ2n) is 4.08. The van der Waals surface area contributed by atoms with Crippen LogP contribution < -0.4 is 0 Å². The summed E-state index contributed by atoms with van der Waals surface area (Å²) in [6.45, 7) is 7.22. The molecule has 1 rings (SSSR count). The molecule has 0 aromatic carbocycles. The van der Waals surface area contributed by atoms with Crippen LogP contribution >= 0.6 is 12.2 Å². The lowest BCUT2D eigenvalue weighted by Gasteiger charge is -2.42. The van der Waals surface area contributed by atoms with E-state index in [4.69, 9.17) is 12.2 Å². The Labute approximate surface area is 107 Å². The van der Waals surface area contributed by atoms with E-state index in [2.05, 4.69) is 13.2 Å². The maximum atomic E-state index is 12.3. The van der Waals surface area contributed by atoms with Crippen LogP contribution in [0.15, 0.2) is 25.3 Å². The van der Waals surface area contributed by atoms with Crippen molar-refractivity contribution in [2.75, 3.05) is 14.1 Å². The molecule has 1 fully saturated rings. The lowest BCUT2D eigenvalue weighted by Crippen LogP contribution is -2.62. The van der Waals surface area contributed by atoms with E-state index in [1.807, 2.05) is 0 Å². The van der Waals surface area contributed by atoms with Crippen LogP contribution in [0.1, 0.15) is 12.8 Å². The van der Waals surface area contributed by atoms with E-state index in [0.717, 1.165) is 0 Å². The van der Waals surface area contributed by atoms with E-state index in [9.17, 15) is 9.59 Å². The Morgan fingerprint density at radius 2 is 1.47 bits per heavy atom. The summed E-state index contributed by atoms with van der Waals surface area (Å²) in [5.41, 5.74) is -1.13. The third kappa shape index (κ3) is 1.91. The van der Waals surface area contributed by atoms with E-state index >= 15 is 0 Å². The highest BCUT2D eigenvalue weighted by Gasteiger charge is 2.52. The standard InChI is InChI=1S/C12H16N2O2S/c1-5-7-12(8-6-2)9(15)13(3)11(17)14(4)10(12)16/h5-6H,1-2,7-8H2,3-4H3. The van der Waals surface area contributed by atoms with Gasteiger partial charge in [0.15, 0.2) is 5.11 Å². The van der Waals surface area contributed by atoms with E-state index in [1.54, 1.807) is 26.2 Å². The summed E-state index contributed by atoms with van der Waals surface area (Å²) in [4.78, 5) is 27.3. The number of nitrogens with zero attached hydrogens (tertiary/aromatic N) is 2. The lowest BCUT2D eigenvalue weighted by atomic mass is 9.77. The summed E-state index contributed by atoms with van der Waals surface area (Å²) in [5.74, 6) is -0.573. The molecule has 2 amide bonds. The van der Waals surface area contributed by atoms with Gasteiger partial charge in [0.2, 0.25) is 11.8 Å². The smallest absolute Gasteiger partial charge is 0.244 e. The molecule has 0 N–H and O–H groups in total. The van der Waals surface area contributed by atoms with Crippen LogP contribution in [-0.2, 0) is 9.59 Å². The van der Waals surface area contributed by atoms with Gasteiger partial charge in [-0.15, -0.1) is 13.2 Å². The Balaban J connectivity index is 3.29. The van der Waals surface area contributed by atoms with Crippen LogP contribution in [-0.4, -0.2) is 40.8 Å². The van der Waals surface area contributed by atoms with Gasteiger partial charge in [-0.1, -0.05) is 12.2 Å². The quantitative estimate of drug-likeness (QED) is 0.431. The minimum Gasteiger partial charge on any atom is -0.291 e. The van der Waals surface area contributed by atoms with E-state index < -0.39 is 5.41 Å². The third-order valence-corrected chi connectivity index (χ3v) is 3.54.